The van der Waals surface area contributed by atoms with E-state index in [4.69, 9.17) is 15.6 Å². The van der Waals surface area contributed by atoms with Gasteiger partial charge in [0.2, 0.25) is 11.8 Å². The number of carbonyl (C=O) groups is 4. The minimum absolute atomic E-state index is 0.128. The Bertz CT molecular complexity index is 859. The van der Waals surface area contributed by atoms with Crippen molar-refractivity contribution in [2.75, 3.05) is 13.7 Å². The fourth-order valence-corrected chi connectivity index (χ4v) is 5.15. The van der Waals surface area contributed by atoms with Crippen LogP contribution in [0.5, 0.6) is 0 Å². The molecule has 10 nitrogen and oxygen atoms in total. The van der Waals surface area contributed by atoms with Crippen LogP contribution in [0.1, 0.15) is 73.1 Å². The number of methoxy groups -OCH3 is 1. The number of rotatable bonds is 9. The molecule has 1 aliphatic carbocycles. The molecule has 1 saturated heterocycles. The second kappa shape index (κ2) is 12.5. The van der Waals surface area contributed by atoms with Gasteiger partial charge < -0.3 is 25.7 Å². The zero-order chi connectivity index (χ0) is 27.2. The Morgan fingerprint density at radius 3 is 2.14 bits per heavy atom. The Balaban J connectivity index is 2.33. The van der Waals surface area contributed by atoms with Crippen LogP contribution in [-0.2, 0) is 23.9 Å². The summed E-state index contributed by atoms with van der Waals surface area (Å²) in [6.07, 6.45) is 5.55. The second-order valence-corrected chi connectivity index (χ2v) is 11.5. The van der Waals surface area contributed by atoms with Crippen LogP contribution in [0, 0.1) is 34.0 Å². The highest BCUT2D eigenvalue weighted by molar-refractivity contribution is 6.59. The molecule has 0 aromatic rings. The quantitative estimate of drug-likeness (QED) is 0.280. The summed E-state index contributed by atoms with van der Waals surface area (Å²) < 4.78 is 4.98. The van der Waals surface area contributed by atoms with Crippen LogP contribution >= 0.6 is 0 Å². The van der Waals surface area contributed by atoms with E-state index in [-0.39, 0.29) is 23.7 Å². The summed E-state index contributed by atoms with van der Waals surface area (Å²) >= 11 is 0. The van der Waals surface area contributed by atoms with Gasteiger partial charge in [-0.25, -0.2) is 4.79 Å². The molecule has 3 amide bonds. The first-order chi connectivity index (χ1) is 16.8. The summed E-state index contributed by atoms with van der Waals surface area (Å²) in [4.78, 5) is 53.9. The first-order valence-electron chi connectivity index (χ1n) is 12.9. The number of hydrogen-bond donors (Lipinski definition) is 4. The van der Waals surface area contributed by atoms with Crippen molar-refractivity contribution in [3.05, 3.63) is 0 Å². The number of nitrogens with one attached hydrogen (secondary N) is 4. The van der Waals surface area contributed by atoms with Crippen LogP contribution in [0.15, 0.2) is 0 Å². The highest BCUT2D eigenvalue weighted by Crippen LogP contribution is 2.33. The van der Waals surface area contributed by atoms with E-state index in [2.05, 4.69) is 24.5 Å². The average molecular weight is 506 g/mol. The molecular formula is C26H43N5O5. The summed E-state index contributed by atoms with van der Waals surface area (Å²) in [7, 11) is 1.31. The van der Waals surface area contributed by atoms with E-state index >= 15 is 0 Å². The first-order valence-corrected chi connectivity index (χ1v) is 12.9. The molecule has 2 fully saturated rings. The summed E-state index contributed by atoms with van der Waals surface area (Å²) in [5, 5.41) is 20.4. The van der Waals surface area contributed by atoms with Gasteiger partial charge >= 0.3 is 5.97 Å². The van der Waals surface area contributed by atoms with Gasteiger partial charge in [-0.15, -0.1) is 0 Å². The fraction of sp³-hybridized carbons (Fsp3) is 0.769. The number of amides is 3. The summed E-state index contributed by atoms with van der Waals surface area (Å²) in [5.41, 5.74) is -1.21. The van der Waals surface area contributed by atoms with E-state index in [1.807, 2.05) is 20.8 Å². The SMILES string of the molecule is COC(=O)[C@@H]1C[C@@H](C(C)C)CN1C(=O)[C@@H](NC(=O)[C@@H](NC(=O)C(=N)C=N)C1CCCCC1)C(C)(C)C. The lowest BCUT2D eigenvalue weighted by molar-refractivity contribution is -0.153. The van der Waals surface area contributed by atoms with Crippen molar-refractivity contribution in [2.45, 2.75) is 91.3 Å². The molecular weight excluding hydrogens is 462 g/mol. The van der Waals surface area contributed by atoms with Crippen molar-refractivity contribution in [1.82, 2.24) is 15.5 Å². The largest absolute Gasteiger partial charge is 0.467 e. The summed E-state index contributed by atoms with van der Waals surface area (Å²) in [6, 6.07) is -2.57. The van der Waals surface area contributed by atoms with Crippen molar-refractivity contribution in [2.24, 2.45) is 23.2 Å². The van der Waals surface area contributed by atoms with Crippen molar-refractivity contribution in [1.29, 1.82) is 10.8 Å². The number of nitrogens with zero attached hydrogens (tertiary/aromatic N) is 1. The van der Waals surface area contributed by atoms with Crippen LogP contribution in [0.4, 0.5) is 0 Å². The minimum Gasteiger partial charge on any atom is -0.467 e. The Morgan fingerprint density at radius 1 is 1.03 bits per heavy atom. The van der Waals surface area contributed by atoms with Gasteiger partial charge in [-0.05, 0) is 42.4 Å². The van der Waals surface area contributed by atoms with Gasteiger partial charge in [0.1, 0.15) is 23.8 Å². The van der Waals surface area contributed by atoms with Crippen molar-refractivity contribution < 1.29 is 23.9 Å². The van der Waals surface area contributed by atoms with Gasteiger partial charge in [-0.1, -0.05) is 53.9 Å². The van der Waals surface area contributed by atoms with E-state index < -0.39 is 47.0 Å². The first kappa shape index (κ1) is 29.5. The number of ether oxygens (including phenoxy) is 1. The number of likely N-dealkylation sites (tertiary alicyclic amines) is 1. The van der Waals surface area contributed by atoms with Crippen LogP contribution in [0.25, 0.3) is 0 Å². The third-order valence-corrected chi connectivity index (χ3v) is 7.51. The number of carbonyl (C=O) groups excluding carboxylic acids is 4. The van der Waals surface area contributed by atoms with Gasteiger partial charge in [0, 0.05) is 12.8 Å². The molecule has 0 spiro atoms. The van der Waals surface area contributed by atoms with Gasteiger partial charge in [-0.2, -0.15) is 0 Å². The van der Waals surface area contributed by atoms with E-state index in [0.717, 1.165) is 32.1 Å². The molecule has 2 aliphatic rings. The topological polar surface area (TPSA) is 153 Å². The van der Waals surface area contributed by atoms with E-state index in [1.165, 1.54) is 12.0 Å². The molecule has 4 N–H and O–H groups in total. The Hall–Kier alpha value is -2.78. The second-order valence-electron chi connectivity index (χ2n) is 11.5. The zero-order valence-electron chi connectivity index (χ0n) is 22.5. The van der Waals surface area contributed by atoms with E-state index in [9.17, 15) is 19.2 Å². The van der Waals surface area contributed by atoms with Crippen LogP contribution in [-0.4, -0.2) is 72.3 Å². The third-order valence-electron chi connectivity index (χ3n) is 7.51. The van der Waals surface area contributed by atoms with Gasteiger partial charge in [0.15, 0.2) is 0 Å². The van der Waals surface area contributed by atoms with Crippen molar-refractivity contribution in [3.63, 3.8) is 0 Å². The number of hydrogen-bond acceptors (Lipinski definition) is 7. The molecule has 36 heavy (non-hydrogen) atoms. The standard InChI is InChI=1S/C26H43N5O5/c1-15(2)17-12-19(25(35)36-6)31(14-17)24(34)21(26(3,4)5)30-23(33)20(16-10-8-7-9-11-16)29-22(32)18(28)13-27/h13,15-17,19-21,27-28H,7-12,14H2,1-6H3,(H,29,32)(H,30,33)/t17-,19+,20+,21-/m1/s1. The molecule has 10 heteroatoms. The van der Waals surface area contributed by atoms with E-state index in [0.29, 0.717) is 19.2 Å². The highest BCUT2D eigenvalue weighted by Gasteiger charge is 2.46. The smallest absolute Gasteiger partial charge is 0.328 e. The molecule has 2 rings (SSSR count). The third kappa shape index (κ3) is 7.13. The molecule has 1 aliphatic heterocycles. The molecule has 202 valence electrons. The van der Waals surface area contributed by atoms with E-state index in [1.54, 1.807) is 0 Å². The average Bonchev–Trinajstić information content (AvgIpc) is 3.30. The summed E-state index contributed by atoms with van der Waals surface area (Å²) in [6.45, 7) is 10.0. The molecule has 0 radical (unpaired) electrons. The Labute approximate surface area is 214 Å². The molecule has 1 saturated carbocycles. The molecule has 0 unspecified atom stereocenters. The molecule has 0 bridgehead atoms. The maximum Gasteiger partial charge on any atom is 0.328 e. The van der Waals surface area contributed by atoms with Crippen molar-refractivity contribution >= 4 is 35.6 Å². The summed E-state index contributed by atoms with van der Waals surface area (Å²) in [5.74, 6) is -1.83. The number of esters is 1. The maximum absolute atomic E-state index is 13.9. The van der Waals surface area contributed by atoms with Crippen LogP contribution < -0.4 is 10.6 Å². The van der Waals surface area contributed by atoms with Gasteiger partial charge in [0.05, 0.1) is 7.11 Å². The minimum atomic E-state index is -0.937. The van der Waals surface area contributed by atoms with Gasteiger partial charge in [0.25, 0.3) is 5.91 Å². The predicted molar refractivity (Wildman–Crippen MR) is 137 cm³/mol. The zero-order valence-corrected chi connectivity index (χ0v) is 22.5. The fourth-order valence-electron chi connectivity index (χ4n) is 5.15. The van der Waals surface area contributed by atoms with Gasteiger partial charge in [-0.3, -0.25) is 19.8 Å². The van der Waals surface area contributed by atoms with Crippen LogP contribution in [0.2, 0.25) is 0 Å². The lowest BCUT2D eigenvalue weighted by Crippen LogP contribution is -2.61. The highest BCUT2D eigenvalue weighted by atomic mass is 16.5. The lowest BCUT2D eigenvalue weighted by Gasteiger charge is -2.37. The molecule has 4 atom stereocenters. The maximum atomic E-state index is 13.9. The molecule has 1 heterocycles. The molecule has 0 aromatic carbocycles. The monoisotopic (exact) mass is 505 g/mol. The molecule has 0 aromatic heterocycles. The lowest BCUT2D eigenvalue weighted by atomic mass is 9.82. The Morgan fingerprint density at radius 2 is 1.64 bits per heavy atom. The van der Waals surface area contributed by atoms with Crippen molar-refractivity contribution in [3.8, 4) is 0 Å². The Kier molecular flexibility index (Phi) is 10.2. The normalized spacial score (nSPS) is 22.5. The predicted octanol–water partition coefficient (Wildman–Crippen LogP) is 2.30. The van der Waals surface area contributed by atoms with Crippen LogP contribution in [0.3, 0.4) is 0 Å².